The van der Waals surface area contributed by atoms with E-state index in [4.69, 9.17) is 14.2 Å². The fourth-order valence-electron chi connectivity index (χ4n) is 4.89. The van der Waals surface area contributed by atoms with E-state index in [-0.39, 0.29) is 6.09 Å². The third-order valence-electron chi connectivity index (χ3n) is 6.81. The van der Waals surface area contributed by atoms with Crippen LogP contribution < -0.4 is 14.4 Å². The first kappa shape index (κ1) is 21.1. The van der Waals surface area contributed by atoms with Crippen LogP contribution in [0.2, 0.25) is 0 Å². The van der Waals surface area contributed by atoms with Gasteiger partial charge in [0.25, 0.3) is 0 Å². The zero-order valence-corrected chi connectivity index (χ0v) is 18.4. The number of carbonyl (C=O) groups excluding carboxylic acids is 1. The summed E-state index contributed by atoms with van der Waals surface area (Å²) in [6.07, 6.45) is 1.06. The maximum Gasteiger partial charge on any atom is 0.415 e. The normalized spacial score (nSPS) is 23.2. The van der Waals surface area contributed by atoms with Crippen LogP contribution in [0.1, 0.15) is 25.3 Å². The van der Waals surface area contributed by atoms with Crippen LogP contribution in [0.3, 0.4) is 0 Å². The quantitative estimate of drug-likeness (QED) is 0.773. The molecule has 2 atom stereocenters. The number of para-hydroxylation sites is 3. The Hall–Kier alpha value is -2.77. The third kappa shape index (κ3) is 4.02. The van der Waals surface area contributed by atoms with Crippen LogP contribution in [-0.2, 0) is 11.2 Å². The molecule has 2 aromatic carbocycles. The van der Waals surface area contributed by atoms with Gasteiger partial charge in [-0.2, -0.15) is 0 Å². The number of aliphatic hydroxyl groups excluding tert-OH is 1. The summed E-state index contributed by atoms with van der Waals surface area (Å²) in [4.78, 5) is 16.7. The lowest BCUT2D eigenvalue weighted by Gasteiger charge is -2.39. The number of nitrogens with zero attached hydrogens (tertiary/aromatic N) is 2. The van der Waals surface area contributed by atoms with Gasteiger partial charge in [-0.1, -0.05) is 37.3 Å². The van der Waals surface area contributed by atoms with Crippen molar-refractivity contribution in [3.8, 4) is 11.5 Å². The van der Waals surface area contributed by atoms with Crippen molar-refractivity contribution in [3.05, 3.63) is 54.1 Å². The molecule has 2 saturated heterocycles. The number of aliphatic hydroxyl groups is 1. The van der Waals surface area contributed by atoms with Gasteiger partial charge < -0.3 is 24.2 Å². The average Bonchev–Trinajstić information content (AvgIpc) is 3.15. The van der Waals surface area contributed by atoms with Crippen LogP contribution >= 0.6 is 0 Å². The number of hydrogen-bond donors (Lipinski definition) is 1. The Morgan fingerprint density at radius 2 is 1.81 bits per heavy atom. The maximum absolute atomic E-state index is 12.7. The highest BCUT2D eigenvalue weighted by Crippen LogP contribution is 2.37. The zero-order valence-electron chi connectivity index (χ0n) is 18.4. The van der Waals surface area contributed by atoms with Gasteiger partial charge >= 0.3 is 6.09 Å². The predicted molar refractivity (Wildman–Crippen MR) is 120 cm³/mol. The van der Waals surface area contributed by atoms with Crippen molar-refractivity contribution in [3.63, 3.8) is 0 Å². The van der Waals surface area contributed by atoms with Gasteiger partial charge in [0.2, 0.25) is 0 Å². The molecule has 7 heteroatoms. The Bertz CT molecular complexity index is 972. The van der Waals surface area contributed by atoms with E-state index < -0.39 is 17.8 Å². The van der Waals surface area contributed by atoms with Crippen molar-refractivity contribution in [2.75, 3.05) is 37.7 Å². The van der Waals surface area contributed by atoms with Gasteiger partial charge in [-0.05, 0) is 30.2 Å². The minimum atomic E-state index is -0.656. The number of anilines is 1. The van der Waals surface area contributed by atoms with Gasteiger partial charge in [0, 0.05) is 32.5 Å². The Kier molecular flexibility index (Phi) is 5.69. The third-order valence-corrected chi connectivity index (χ3v) is 6.81. The van der Waals surface area contributed by atoms with E-state index in [1.165, 1.54) is 0 Å². The molecule has 1 N–H and O–H groups in total. The van der Waals surface area contributed by atoms with Gasteiger partial charge in [0.15, 0.2) is 17.6 Å². The first-order valence-corrected chi connectivity index (χ1v) is 11.4. The first-order chi connectivity index (χ1) is 15.6. The zero-order chi connectivity index (χ0) is 22.1. The molecule has 5 rings (SSSR count). The van der Waals surface area contributed by atoms with Gasteiger partial charge in [-0.3, -0.25) is 4.90 Å². The number of piperidine rings is 1. The average molecular weight is 439 g/mol. The molecule has 2 fully saturated rings. The number of rotatable bonds is 5. The molecule has 0 aliphatic carbocycles. The molecule has 0 saturated carbocycles. The smallest absolute Gasteiger partial charge is 0.415 e. The Morgan fingerprint density at radius 1 is 1.09 bits per heavy atom. The molecule has 0 radical (unpaired) electrons. The molecule has 2 unspecified atom stereocenters. The Balaban J connectivity index is 1.17. The van der Waals surface area contributed by atoms with Crippen molar-refractivity contribution in [1.29, 1.82) is 0 Å². The summed E-state index contributed by atoms with van der Waals surface area (Å²) in [5.74, 6) is 1.39. The van der Waals surface area contributed by atoms with Gasteiger partial charge in [0.05, 0.1) is 12.2 Å². The molecule has 32 heavy (non-hydrogen) atoms. The summed E-state index contributed by atoms with van der Waals surface area (Å²) < 4.78 is 17.6. The fraction of sp³-hybridized carbons (Fsp3) is 0.480. The molecule has 0 bridgehead atoms. The van der Waals surface area contributed by atoms with E-state index in [0.29, 0.717) is 31.2 Å². The number of aryl methyl sites for hydroxylation is 1. The number of amides is 1. The van der Waals surface area contributed by atoms with Crippen molar-refractivity contribution < 1.29 is 24.1 Å². The highest BCUT2D eigenvalue weighted by atomic mass is 16.6. The minimum absolute atomic E-state index is 0.259. The monoisotopic (exact) mass is 438 g/mol. The molecular formula is C25H30N2O5. The van der Waals surface area contributed by atoms with Crippen molar-refractivity contribution >= 4 is 11.8 Å². The number of fused-ring (bicyclic) bond motifs is 1. The summed E-state index contributed by atoms with van der Waals surface area (Å²) in [6.45, 7) is 5.03. The highest BCUT2D eigenvalue weighted by Gasteiger charge is 2.48. The lowest BCUT2D eigenvalue weighted by atomic mass is 9.90. The number of ether oxygens (including phenoxy) is 3. The maximum atomic E-state index is 12.7. The standard InChI is InChI=1S/C25H30N2O5/c1-2-18-7-3-4-8-19(18)27-17-25(32-24(27)29)11-13-26(14-12-25)15-20(28)23-16-30-21-9-5-6-10-22(21)31-23/h3-10,20,23,28H,2,11-17H2,1H3. The van der Waals surface area contributed by atoms with Crippen LogP contribution in [0, 0.1) is 0 Å². The second kappa shape index (κ2) is 8.64. The first-order valence-electron chi connectivity index (χ1n) is 11.4. The van der Waals surface area contributed by atoms with Crippen LogP contribution in [0.5, 0.6) is 11.5 Å². The number of carbonyl (C=O) groups is 1. The van der Waals surface area contributed by atoms with E-state index in [9.17, 15) is 9.90 Å². The summed E-state index contributed by atoms with van der Waals surface area (Å²) in [6, 6.07) is 15.5. The molecular weight excluding hydrogens is 408 g/mol. The minimum Gasteiger partial charge on any atom is -0.486 e. The van der Waals surface area contributed by atoms with E-state index in [1.807, 2.05) is 42.5 Å². The van der Waals surface area contributed by atoms with E-state index in [1.54, 1.807) is 4.90 Å². The number of β-amino-alcohol motifs (C(OH)–C–C–N with tert-alkyl or cyclic N) is 1. The summed E-state index contributed by atoms with van der Waals surface area (Å²) >= 11 is 0. The van der Waals surface area contributed by atoms with E-state index in [2.05, 4.69) is 17.9 Å². The van der Waals surface area contributed by atoms with Gasteiger partial charge in [-0.25, -0.2) is 4.79 Å². The Morgan fingerprint density at radius 3 is 2.59 bits per heavy atom. The molecule has 7 nitrogen and oxygen atoms in total. The van der Waals surface area contributed by atoms with Crippen molar-refractivity contribution in [2.24, 2.45) is 0 Å². The molecule has 170 valence electrons. The number of benzene rings is 2. The number of likely N-dealkylation sites (tertiary alicyclic amines) is 1. The second-order valence-corrected chi connectivity index (χ2v) is 8.90. The molecule has 1 amide bonds. The van der Waals surface area contributed by atoms with Crippen molar-refractivity contribution in [1.82, 2.24) is 4.90 Å². The molecule has 3 aliphatic rings. The SMILES string of the molecule is CCc1ccccc1N1CC2(CCN(CC(O)C3COc4ccccc4O3)CC2)OC1=O. The molecule has 3 aliphatic heterocycles. The van der Waals surface area contributed by atoms with Gasteiger partial charge in [-0.15, -0.1) is 0 Å². The van der Waals surface area contributed by atoms with Crippen LogP contribution in [0.4, 0.5) is 10.5 Å². The lowest BCUT2D eigenvalue weighted by Crippen LogP contribution is -2.51. The topological polar surface area (TPSA) is 71.5 Å². The van der Waals surface area contributed by atoms with Crippen LogP contribution in [0.25, 0.3) is 0 Å². The summed E-state index contributed by atoms with van der Waals surface area (Å²) in [5, 5.41) is 10.8. The van der Waals surface area contributed by atoms with Crippen molar-refractivity contribution in [2.45, 2.75) is 44.0 Å². The molecule has 0 aromatic heterocycles. The predicted octanol–water partition coefficient (Wildman–Crippen LogP) is 3.24. The summed E-state index contributed by atoms with van der Waals surface area (Å²) in [7, 11) is 0. The lowest BCUT2D eigenvalue weighted by molar-refractivity contribution is -0.0449. The molecule has 2 aromatic rings. The van der Waals surface area contributed by atoms with Gasteiger partial charge in [0.1, 0.15) is 18.3 Å². The Labute approximate surface area is 188 Å². The fourth-order valence-corrected chi connectivity index (χ4v) is 4.89. The highest BCUT2D eigenvalue weighted by molar-refractivity contribution is 5.91. The van der Waals surface area contributed by atoms with Crippen LogP contribution in [-0.4, -0.2) is 66.7 Å². The summed E-state index contributed by atoms with van der Waals surface area (Å²) in [5.41, 5.74) is 1.64. The van der Waals surface area contributed by atoms with Crippen LogP contribution in [0.15, 0.2) is 48.5 Å². The van der Waals surface area contributed by atoms with E-state index >= 15 is 0 Å². The second-order valence-electron chi connectivity index (χ2n) is 8.90. The van der Waals surface area contributed by atoms with E-state index in [0.717, 1.165) is 43.6 Å². The molecule has 3 heterocycles. The largest absolute Gasteiger partial charge is 0.486 e. The molecule has 1 spiro atoms. The number of hydrogen-bond acceptors (Lipinski definition) is 6.